The summed E-state index contributed by atoms with van der Waals surface area (Å²) < 4.78 is 11.7. The number of hydrogen-bond donors (Lipinski definition) is 1. The quantitative estimate of drug-likeness (QED) is 0.237. The Kier molecular flexibility index (Phi) is 6.47. The summed E-state index contributed by atoms with van der Waals surface area (Å²) in [6, 6.07) is 5.30. The molecular formula is C28H37N7O2Si. The summed E-state index contributed by atoms with van der Waals surface area (Å²) >= 11 is 0. The smallest absolute Gasteiger partial charge is 0.255 e. The maximum Gasteiger partial charge on any atom is 0.255 e. The van der Waals surface area contributed by atoms with E-state index in [-0.39, 0.29) is 11.9 Å². The van der Waals surface area contributed by atoms with Gasteiger partial charge >= 0.3 is 0 Å². The average molecular weight is 532 g/mol. The highest BCUT2D eigenvalue weighted by Gasteiger charge is 2.30. The second-order valence-corrected chi connectivity index (χ2v) is 17.6. The van der Waals surface area contributed by atoms with Crippen LogP contribution in [0.2, 0.25) is 25.7 Å². The molecule has 2 aliphatic carbocycles. The molecule has 1 fully saturated rings. The first-order valence-corrected chi connectivity index (χ1v) is 17.4. The molecule has 0 aromatic carbocycles. The van der Waals surface area contributed by atoms with E-state index >= 15 is 0 Å². The van der Waals surface area contributed by atoms with Gasteiger partial charge in [-0.3, -0.25) is 9.48 Å². The van der Waals surface area contributed by atoms with Gasteiger partial charge in [0.15, 0.2) is 0 Å². The molecule has 0 spiro atoms. The zero-order valence-corrected chi connectivity index (χ0v) is 23.8. The normalized spacial score (nSPS) is 17.3. The Morgan fingerprint density at radius 3 is 2.79 bits per heavy atom. The molecule has 1 amide bonds. The molecule has 0 radical (unpaired) electrons. The summed E-state index contributed by atoms with van der Waals surface area (Å²) in [4.78, 5) is 17.8. The van der Waals surface area contributed by atoms with Gasteiger partial charge in [0.05, 0.1) is 35.7 Å². The first-order valence-electron chi connectivity index (χ1n) is 13.7. The van der Waals surface area contributed by atoms with E-state index in [1.54, 1.807) is 17.1 Å². The van der Waals surface area contributed by atoms with E-state index in [9.17, 15) is 4.79 Å². The summed E-state index contributed by atoms with van der Waals surface area (Å²) in [6.45, 7) is 10.9. The van der Waals surface area contributed by atoms with Crippen LogP contribution >= 0.6 is 0 Å². The summed E-state index contributed by atoms with van der Waals surface area (Å²) in [5, 5.41) is 12.4. The maximum absolute atomic E-state index is 13.1. The number of carbonyl (C=O) groups is 1. The molecule has 200 valence electrons. The third-order valence-electron chi connectivity index (χ3n) is 7.68. The minimum atomic E-state index is -1.12. The highest BCUT2D eigenvalue weighted by atomic mass is 28.3. The predicted octanol–water partition coefficient (Wildman–Crippen LogP) is 4.69. The average Bonchev–Trinajstić information content (AvgIpc) is 3.17. The molecule has 38 heavy (non-hydrogen) atoms. The highest BCUT2D eigenvalue weighted by Crippen LogP contribution is 2.40. The number of fused-ring (bicyclic) bond motifs is 2. The van der Waals surface area contributed by atoms with Crippen LogP contribution in [0.15, 0.2) is 36.9 Å². The third-order valence-corrected chi connectivity index (χ3v) is 9.39. The molecule has 6 rings (SSSR count). The predicted molar refractivity (Wildman–Crippen MR) is 148 cm³/mol. The molecule has 9 nitrogen and oxygen atoms in total. The summed E-state index contributed by atoms with van der Waals surface area (Å²) in [6.07, 6.45) is 12.0. The lowest BCUT2D eigenvalue weighted by Gasteiger charge is -2.16. The molecule has 0 bridgehead atoms. The lowest BCUT2D eigenvalue weighted by molar-refractivity contribution is 0.0764. The highest BCUT2D eigenvalue weighted by molar-refractivity contribution is 6.76. The van der Waals surface area contributed by atoms with Gasteiger partial charge in [-0.15, -0.1) is 0 Å². The Bertz CT molecular complexity index is 1470. The van der Waals surface area contributed by atoms with Crippen molar-refractivity contribution in [2.75, 3.05) is 6.61 Å². The number of aromatic nitrogens is 6. The number of imidazole rings is 1. The molecule has 4 aromatic rings. The van der Waals surface area contributed by atoms with Crippen molar-refractivity contribution in [2.24, 2.45) is 0 Å². The zero-order valence-electron chi connectivity index (χ0n) is 22.8. The van der Waals surface area contributed by atoms with Gasteiger partial charge in [0.1, 0.15) is 12.4 Å². The van der Waals surface area contributed by atoms with Gasteiger partial charge in [-0.05, 0) is 61.8 Å². The number of amides is 1. The molecule has 4 aromatic heterocycles. The molecule has 10 heteroatoms. The number of hydrogen-bond acceptors (Lipinski definition) is 5. The van der Waals surface area contributed by atoms with Crippen molar-refractivity contribution in [3.05, 3.63) is 70.7 Å². The summed E-state index contributed by atoms with van der Waals surface area (Å²) in [7, 11) is -1.12. The molecule has 2 aliphatic rings. The van der Waals surface area contributed by atoms with Crippen LogP contribution in [0.4, 0.5) is 0 Å². The second-order valence-electron chi connectivity index (χ2n) is 12.0. The van der Waals surface area contributed by atoms with Crippen LogP contribution < -0.4 is 5.32 Å². The van der Waals surface area contributed by atoms with Crippen molar-refractivity contribution in [1.82, 2.24) is 34.3 Å². The first-order chi connectivity index (χ1) is 18.2. The van der Waals surface area contributed by atoms with Gasteiger partial charge in [-0.25, -0.2) is 9.67 Å². The van der Waals surface area contributed by atoms with Crippen LogP contribution in [0.3, 0.4) is 0 Å². The monoisotopic (exact) mass is 531 g/mol. The van der Waals surface area contributed by atoms with E-state index in [1.807, 2.05) is 4.68 Å². The number of nitrogens with zero attached hydrogens (tertiary/aromatic N) is 6. The largest absolute Gasteiger partial charge is 0.360 e. The second kappa shape index (κ2) is 9.81. The Balaban J connectivity index is 1.07. The van der Waals surface area contributed by atoms with Gasteiger partial charge in [-0.1, -0.05) is 25.7 Å². The fourth-order valence-electron chi connectivity index (χ4n) is 5.19. The van der Waals surface area contributed by atoms with Crippen molar-refractivity contribution in [3.8, 4) is 0 Å². The van der Waals surface area contributed by atoms with E-state index in [2.05, 4.69) is 65.9 Å². The molecule has 4 heterocycles. The maximum atomic E-state index is 13.1. The summed E-state index contributed by atoms with van der Waals surface area (Å²) in [5.74, 6) is 0.580. The minimum absolute atomic E-state index is 0.0955. The Hall–Kier alpha value is -3.24. The van der Waals surface area contributed by atoms with Crippen molar-refractivity contribution < 1.29 is 9.53 Å². The third kappa shape index (κ3) is 5.33. The lowest BCUT2D eigenvalue weighted by atomic mass is 10.2. The molecule has 1 N–H and O–H groups in total. The lowest BCUT2D eigenvalue weighted by Crippen LogP contribution is -2.27. The minimum Gasteiger partial charge on any atom is -0.360 e. The Labute approximate surface area is 224 Å². The fraction of sp³-hybridized carbons (Fsp3) is 0.500. The Morgan fingerprint density at radius 2 is 2.00 bits per heavy atom. The van der Waals surface area contributed by atoms with Crippen LogP contribution in [-0.2, 0) is 24.4 Å². The standard InChI is InChI=1S/C28H37N7O2Si/c1-19-24-8-9-25(27(24)32-35(19)18-37-11-12-38(2,3)4)31-28(36)22-13-29-34(15-22)17-23-16-33-14-21(20-5-6-20)7-10-26(33)30-23/h7,10,13-16,20,25H,5-6,8-9,11-12,17-18H2,1-4H3,(H,31,36). The van der Waals surface area contributed by atoms with Crippen molar-refractivity contribution in [3.63, 3.8) is 0 Å². The van der Waals surface area contributed by atoms with Crippen LogP contribution in [-0.4, -0.2) is 49.5 Å². The molecule has 1 saturated carbocycles. The zero-order chi connectivity index (χ0) is 26.4. The Morgan fingerprint density at radius 1 is 1.16 bits per heavy atom. The van der Waals surface area contributed by atoms with E-state index in [4.69, 9.17) is 14.8 Å². The van der Waals surface area contributed by atoms with Gasteiger partial charge in [0.25, 0.3) is 5.91 Å². The van der Waals surface area contributed by atoms with Gasteiger partial charge < -0.3 is 14.5 Å². The molecule has 1 unspecified atom stereocenters. The first kappa shape index (κ1) is 25.1. The van der Waals surface area contributed by atoms with Crippen LogP contribution in [0.25, 0.3) is 5.65 Å². The van der Waals surface area contributed by atoms with E-state index in [0.717, 1.165) is 48.2 Å². The van der Waals surface area contributed by atoms with E-state index < -0.39 is 8.07 Å². The van der Waals surface area contributed by atoms with Crippen molar-refractivity contribution in [1.29, 1.82) is 0 Å². The van der Waals surface area contributed by atoms with E-state index in [0.29, 0.717) is 24.8 Å². The van der Waals surface area contributed by atoms with Gasteiger partial charge in [0, 0.05) is 39.0 Å². The van der Waals surface area contributed by atoms with Crippen molar-refractivity contribution in [2.45, 2.75) is 83.5 Å². The van der Waals surface area contributed by atoms with Gasteiger partial charge in [-0.2, -0.15) is 10.2 Å². The SMILES string of the molecule is Cc1c2c(nn1COCC[Si](C)(C)C)C(NC(=O)c1cnn(Cc3cn4cc(C5CC5)ccc4n3)c1)CC2. The molecular weight excluding hydrogens is 494 g/mol. The van der Waals surface area contributed by atoms with Crippen molar-refractivity contribution >= 4 is 19.6 Å². The molecule has 0 saturated heterocycles. The van der Waals surface area contributed by atoms with Crippen LogP contribution in [0.5, 0.6) is 0 Å². The number of rotatable bonds is 10. The van der Waals surface area contributed by atoms with Crippen LogP contribution in [0.1, 0.15) is 69.8 Å². The van der Waals surface area contributed by atoms with Gasteiger partial charge in [0.2, 0.25) is 0 Å². The number of pyridine rings is 1. The van der Waals surface area contributed by atoms with Crippen LogP contribution in [0, 0.1) is 6.92 Å². The van der Waals surface area contributed by atoms with E-state index in [1.165, 1.54) is 24.0 Å². The molecule has 0 aliphatic heterocycles. The fourth-order valence-corrected chi connectivity index (χ4v) is 5.94. The number of carbonyl (C=O) groups excluding carboxylic acids is 1. The molecule has 1 atom stereocenters. The number of ether oxygens (including phenoxy) is 1. The topological polar surface area (TPSA) is 91.3 Å². The number of nitrogens with one attached hydrogen (secondary N) is 1. The summed E-state index contributed by atoms with van der Waals surface area (Å²) in [5.41, 5.74) is 7.11.